The molecule has 6 heteroatoms. The quantitative estimate of drug-likeness (QED) is 0.687. The molecule has 0 aromatic heterocycles. The molecule has 0 aliphatic heterocycles. The van der Waals surface area contributed by atoms with Crippen LogP contribution < -0.4 is 5.32 Å². The molecular formula is C11H14FNO3S. The summed E-state index contributed by atoms with van der Waals surface area (Å²) in [4.78, 5) is 11.8. The number of carbonyl (C=O) groups is 1. The van der Waals surface area contributed by atoms with Gasteiger partial charge < -0.3 is 15.2 Å². The maximum Gasteiger partial charge on any atom is 0.251 e. The molecule has 0 spiro atoms. The minimum atomic E-state index is -0.486. The lowest BCUT2D eigenvalue weighted by Crippen LogP contribution is -2.40. The second kappa shape index (κ2) is 6.58. The van der Waals surface area contributed by atoms with Crippen molar-refractivity contribution in [3.63, 3.8) is 0 Å². The molecule has 4 nitrogen and oxygen atoms in total. The van der Waals surface area contributed by atoms with Crippen molar-refractivity contribution >= 4 is 18.5 Å². The summed E-state index contributed by atoms with van der Waals surface area (Å²) in [6.45, 7) is -0.0221. The van der Waals surface area contributed by atoms with Gasteiger partial charge in [0.05, 0.1) is 19.3 Å². The zero-order chi connectivity index (χ0) is 12.8. The first-order valence-corrected chi connectivity index (χ1v) is 5.42. The maximum absolute atomic E-state index is 12.9. The third kappa shape index (κ3) is 3.99. The van der Waals surface area contributed by atoms with Crippen LogP contribution in [0.5, 0.6) is 0 Å². The number of methoxy groups -OCH3 is 1. The predicted molar refractivity (Wildman–Crippen MR) is 63.9 cm³/mol. The maximum atomic E-state index is 12.9. The number of aliphatic hydroxyl groups is 1. The van der Waals surface area contributed by atoms with Gasteiger partial charge >= 0.3 is 0 Å². The third-order valence-electron chi connectivity index (χ3n) is 2.13. The van der Waals surface area contributed by atoms with E-state index >= 15 is 0 Å². The van der Waals surface area contributed by atoms with Crippen molar-refractivity contribution in [3.05, 3.63) is 29.6 Å². The summed E-state index contributed by atoms with van der Waals surface area (Å²) in [5.74, 6) is -0.892. The smallest absolute Gasteiger partial charge is 0.251 e. The fourth-order valence-corrected chi connectivity index (χ4v) is 1.48. The summed E-state index contributed by atoms with van der Waals surface area (Å²) in [5.41, 5.74) is 0.283. The first-order chi connectivity index (χ1) is 8.08. The number of halogens is 1. The van der Waals surface area contributed by atoms with Crippen molar-refractivity contribution in [2.24, 2.45) is 0 Å². The number of aliphatic hydroxyl groups excluding tert-OH is 1. The molecule has 1 amide bonds. The molecule has 0 saturated carbocycles. The van der Waals surface area contributed by atoms with Crippen LogP contribution in [-0.2, 0) is 4.74 Å². The molecule has 1 aromatic rings. The molecule has 1 rings (SSSR count). The molecule has 0 aliphatic carbocycles. The van der Waals surface area contributed by atoms with Crippen molar-refractivity contribution in [2.75, 3.05) is 20.3 Å². The Balaban J connectivity index is 2.72. The van der Waals surface area contributed by atoms with E-state index < -0.39 is 17.8 Å². The number of nitrogens with one attached hydrogen (secondary N) is 1. The van der Waals surface area contributed by atoms with Gasteiger partial charge in [0.2, 0.25) is 0 Å². The van der Waals surface area contributed by atoms with E-state index in [0.717, 1.165) is 0 Å². The number of rotatable bonds is 5. The summed E-state index contributed by atoms with van der Waals surface area (Å²) in [7, 11) is 1.47. The lowest BCUT2D eigenvalue weighted by Gasteiger charge is -2.15. The van der Waals surface area contributed by atoms with Crippen LogP contribution in [0.1, 0.15) is 10.4 Å². The summed E-state index contributed by atoms with van der Waals surface area (Å²) in [6.07, 6.45) is 0. The van der Waals surface area contributed by atoms with E-state index in [2.05, 4.69) is 17.9 Å². The first-order valence-electron chi connectivity index (χ1n) is 4.97. The molecule has 1 unspecified atom stereocenters. The van der Waals surface area contributed by atoms with Crippen molar-refractivity contribution in [1.29, 1.82) is 0 Å². The average Bonchev–Trinajstić information content (AvgIpc) is 2.31. The minimum Gasteiger partial charge on any atom is -0.394 e. The van der Waals surface area contributed by atoms with E-state index in [4.69, 9.17) is 9.84 Å². The van der Waals surface area contributed by atoms with Gasteiger partial charge in [-0.15, -0.1) is 12.6 Å². The van der Waals surface area contributed by atoms with E-state index in [1.807, 2.05) is 0 Å². The van der Waals surface area contributed by atoms with Crippen LogP contribution in [0.2, 0.25) is 0 Å². The Morgan fingerprint density at radius 3 is 2.88 bits per heavy atom. The SMILES string of the molecule is COCC(CO)NC(=O)c1ccc(F)c(S)c1. The van der Waals surface area contributed by atoms with Gasteiger partial charge in [-0.05, 0) is 18.2 Å². The molecule has 0 saturated heterocycles. The largest absolute Gasteiger partial charge is 0.394 e. The van der Waals surface area contributed by atoms with Crippen molar-refractivity contribution in [3.8, 4) is 0 Å². The van der Waals surface area contributed by atoms with Gasteiger partial charge in [0.1, 0.15) is 5.82 Å². The Morgan fingerprint density at radius 2 is 2.35 bits per heavy atom. The Kier molecular flexibility index (Phi) is 5.40. The summed E-state index contributed by atoms with van der Waals surface area (Å²) >= 11 is 3.89. The fraction of sp³-hybridized carbons (Fsp3) is 0.364. The second-order valence-electron chi connectivity index (χ2n) is 3.47. The molecule has 17 heavy (non-hydrogen) atoms. The van der Waals surface area contributed by atoms with Gasteiger partial charge in [-0.3, -0.25) is 4.79 Å². The summed E-state index contributed by atoms with van der Waals surface area (Å²) < 4.78 is 17.8. The van der Waals surface area contributed by atoms with Gasteiger partial charge in [-0.25, -0.2) is 4.39 Å². The number of carbonyl (C=O) groups excluding carboxylic acids is 1. The van der Waals surface area contributed by atoms with Gasteiger partial charge in [0.25, 0.3) is 5.91 Å². The zero-order valence-corrected chi connectivity index (χ0v) is 10.2. The normalized spacial score (nSPS) is 12.2. The van der Waals surface area contributed by atoms with Gasteiger partial charge in [-0.2, -0.15) is 0 Å². The number of hydrogen-bond acceptors (Lipinski definition) is 4. The molecular weight excluding hydrogens is 245 g/mol. The van der Waals surface area contributed by atoms with E-state index in [9.17, 15) is 9.18 Å². The molecule has 0 heterocycles. The zero-order valence-electron chi connectivity index (χ0n) is 9.31. The Labute approximate surface area is 104 Å². The summed E-state index contributed by atoms with van der Waals surface area (Å²) in [5, 5.41) is 11.5. The minimum absolute atomic E-state index is 0.102. The highest BCUT2D eigenvalue weighted by molar-refractivity contribution is 7.80. The molecule has 2 N–H and O–H groups in total. The highest BCUT2D eigenvalue weighted by Crippen LogP contribution is 2.14. The van der Waals surface area contributed by atoms with Crippen LogP contribution in [0.4, 0.5) is 4.39 Å². The van der Waals surface area contributed by atoms with Crippen LogP contribution >= 0.6 is 12.6 Å². The molecule has 1 aromatic carbocycles. The van der Waals surface area contributed by atoms with Crippen molar-refractivity contribution in [1.82, 2.24) is 5.32 Å². The van der Waals surface area contributed by atoms with Gasteiger partial charge in [0, 0.05) is 17.6 Å². The van der Waals surface area contributed by atoms with Gasteiger partial charge in [0.15, 0.2) is 0 Å². The number of amides is 1. The van der Waals surface area contributed by atoms with Crippen LogP contribution in [0, 0.1) is 5.82 Å². The highest BCUT2D eigenvalue weighted by atomic mass is 32.1. The molecule has 0 radical (unpaired) electrons. The topological polar surface area (TPSA) is 58.6 Å². The molecule has 94 valence electrons. The second-order valence-corrected chi connectivity index (χ2v) is 3.96. The van der Waals surface area contributed by atoms with Crippen molar-refractivity contribution in [2.45, 2.75) is 10.9 Å². The average molecular weight is 259 g/mol. The van der Waals surface area contributed by atoms with E-state index in [-0.39, 0.29) is 23.7 Å². The first kappa shape index (κ1) is 14.0. The molecule has 0 bridgehead atoms. The van der Waals surface area contributed by atoms with E-state index in [1.165, 1.54) is 25.3 Å². The third-order valence-corrected chi connectivity index (χ3v) is 2.47. The Bertz CT molecular complexity index is 400. The highest BCUT2D eigenvalue weighted by Gasteiger charge is 2.13. The van der Waals surface area contributed by atoms with Crippen LogP contribution in [0.25, 0.3) is 0 Å². The monoisotopic (exact) mass is 259 g/mol. The lowest BCUT2D eigenvalue weighted by atomic mass is 10.2. The molecule has 0 fully saturated rings. The number of hydrogen-bond donors (Lipinski definition) is 3. The predicted octanol–water partition coefficient (Wildman–Crippen LogP) is 0.851. The van der Waals surface area contributed by atoms with Crippen LogP contribution in [0.3, 0.4) is 0 Å². The molecule has 1 atom stereocenters. The Hall–Kier alpha value is -1.11. The standard InChI is InChI=1S/C11H14FNO3S/c1-16-6-8(5-14)13-11(15)7-2-3-9(12)10(17)4-7/h2-4,8,14,17H,5-6H2,1H3,(H,13,15). The lowest BCUT2D eigenvalue weighted by molar-refractivity contribution is 0.0839. The number of thiol groups is 1. The summed E-state index contributed by atoms with van der Waals surface area (Å²) in [6, 6.07) is 3.36. The van der Waals surface area contributed by atoms with E-state index in [0.29, 0.717) is 0 Å². The fourth-order valence-electron chi connectivity index (χ4n) is 1.26. The van der Waals surface area contributed by atoms with Gasteiger partial charge in [-0.1, -0.05) is 0 Å². The number of ether oxygens (including phenoxy) is 1. The Morgan fingerprint density at radius 1 is 1.65 bits per heavy atom. The molecule has 0 aliphatic rings. The number of benzene rings is 1. The van der Waals surface area contributed by atoms with Crippen LogP contribution in [-0.4, -0.2) is 37.4 Å². The van der Waals surface area contributed by atoms with E-state index in [1.54, 1.807) is 0 Å². The van der Waals surface area contributed by atoms with Crippen LogP contribution in [0.15, 0.2) is 23.1 Å². The van der Waals surface area contributed by atoms with Crippen molar-refractivity contribution < 1.29 is 19.0 Å².